The summed E-state index contributed by atoms with van der Waals surface area (Å²) in [6.07, 6.45) is 0. The Bertz CT molecular complexity index is 492. The molecule has 0 aliphatic rings. The maximum atomic E-state index is 13.2. The summed E-state index contributed by atoms with van der Waals surface area (Å²) in [5, 5.41) is 0.378. The van der Waals surface area contributed by atoms with Crippen molar-refractivity contribution in [3.8, 4) is 11.5 Å². The number of benzene rings is 2. The molecule has 2 aromatic rings. The van der Waals surface area contributed by atoms with E-state index in [4.69, 9.17) is 8.37 Å². The smallest absolute Gasteiger partial charge is 0.173 e. The molecule has 2 aromatic carbocycles. The Morgan fingerprint density at radius 1 is 0.696 bits per heavy atom. The number of rotatable bonds is 6. The molecule has 0 spiro atoms. The van der Waals surface area contributed by atoms with Crippen LogP contribution in [0.2, 0.25) is 0 Å². The number of para-hydroxylation sites is 2. The molecule has 0 unspecified atom stereocenters. The van der Waals surface area contributed by atoms with E-state index in [0.717, 1.165) is 24.1 Å². The van der Waals surface area contributed by atoms with Gasteiger partial charge in [-0.1, -0.05) is 52.0 Å². The highest BCUT2D eigenvalue weighted by Crippen LogP contribution is 2.25. The summed E-state index contributed by atoms with van der Waals surface area (Å²) in [7, 11) is 0. The molecule has 0 amide bonds. The van der Waals surface area contributed by atoms with Gasteiger partial charge in [0, 0.05) is 0 Å². The normalized spacial score (nSPS) is 8.96. The highest BCUT2D eigenvalue weighted by Gasteiger charge is 2.04. The molecule has 0 radical (unpaired) electrons. The van der Waals surface area contributed by atoms with Crippen LogP contribution >= 0.6 is 24.1 Å². The van der Waals surface area contributed by atoms with Crippen LogP contribution in [0.3, 0.4) is 0 Å². The predicted molar refractivity (Wildman–Crippen MR) is 96.8 cm³/mol. The van der Waals surface area contributed by atoms with Crippen LogP contribution < -0.4 is 8.37 Å². The Balaban J connectivity index is 0.00000112. The summed E-state index contributed by atoms with van der Waals surface area (Å²) in [5.41, 5.74) is 0. The molecule has 0 aliphatic carbocycles. The lowest BCUT2D eigenvalue weighted by Gasteiger charge is -2.06. The number of hydrogen-bond acceptors (Lipinski definition) is 4. The summed E-state index contributed by atoms with van der Waals surface area (Å²) in [4.78, 5) is 0. The molecule has 23 heavy (non-hydrogen) atoms. The van der Waals surface area contributed by atoms with Crippen molar-refractivity contribution in [3.63, 3.8) is 0 Å². The van der Waals surface area contributed by atoms with Gasteiger partial charge in [0.2, 0.25) is 0 Å². The zero-order chi connectivity index (χ0) is 17.5. The maximum Gasteiger partial charge on any atom is 0.173 e. The van der Waals surface area contributed by atoms with Crippen LogP contribution in [0.25, 0.3) is 0 Å². The fourth-order valence-electron chi connectivity index (χ4n) is 1.22. The molecule has 0 saturated heterocycles. The lowest BCUT2D eigenvalue weighted by molar-refractivity contribution is 0.539. The van der Waals surface area contributed by atoms with Gasteiger partial charge in [-0.05, 0) is 24.3 Å². The molecular formula is C17H22F2O2S2. The fraction of sp³-hybridized carbons (Fsp3) is 0.294. The molecule has 0 aromatic heterocycles. The van der Waals surface area contributed by atoms with Crippen LogP contribution in [-0.2, 0) is 0 Å². The minimum atomic E-state index is -0.421. The van der Waals surface area contributed by atoms with Gasteiger partial charge in [0.15, 0.2) is 23.1 Å². The van der Waals surface area contributed by atoms with Crippen molar-refractivity contribution >= 4 is 24.1 Å². The molecule has 0 fully saturated rings. The van der Waals surface area contributed by atoms with Gasteiger partial charge in [-0.25, -0.2) is 8.78 Å². The third kappa shape index (κ3) is 8.71. The highest BCUT2D eigenvalue weighted by molar-refractivity contribution is 8.12. The van der Waals surface area contributed by atoms with E-state index < -0.39 is 11.6 Å². The third-order valence-corrected chi connectivity index (χ3v) is 3.43. The first-order valence-corrected chi connectivity index (χ1v) is 9.17. The Morgan fingerprint density at radius 3 is 1.39 bits per heavy atom. The van der Waals surface area contributed by atoms with Crippen molar-refractivity contribution in [2.45, 2.75) is 27.7 Å². The van der Waals surface area contributed by atoms with Gasteiger partial charge in [-0.3, -0.25) is 0 Å². The van der Waals surface area contributed by atoms with Crippen LogP contribution in [0.15, 0.2) is 48.5 Å². The fourth-order valence-corrected chi connectivity index (χ4v) is 2.29. The third-order valence-electron chi connectivity index (χ3n) is 2.07. The van der Waals surface area contributed by atoms with Crippen LogP contribution in [0, 0.1) is 11.6 Å². The number of halogens is 2. The van der Waals surface area contributed by atoms with Crippen molar-refractivity contribution in [1.29, 1.82) is 0 Å². The minimum absolute atomic E-state index is 0.166. The first-order chi connectivity index (χ1) is 11.3. The molecule has 6 heteroatoms. The minimum Gasteiger partial charge on any atom is -0.422 e. The summed E-state index contributed by atoms with van der Waals surface area (Å²) in [6, 6.07) is 12.2. The summed E-state index contributed by atoms with van der Waals surface area (Å²) in [6.45, 7) is 8.00. The number of hydrogen-bond donors (Lipinski definition) is 0. The molecule has 2 nitrogen and oxygen atoms in total. The van der Waals surface area contributed by atoms with Crippen LogP contribution in [0.5, 0.6) is 11.5 Å². The average Bonchev–Trinajstić information content (AvgIpc) is 2.61. The first-order valence-electron chi connectivity index (χ1n) is 7.35. The quantitative estimate of drug-likeness (QED) is 0.323. The van der Waals surface area contributed by atoms with Gasteiger partial charge in [-0.2, -0.15) is 0 Å². The summed E-state index contributed by atoms with van der Waals surface area (Å²) < 4.78 is 36.7. The van der Waals surface area contributed by atoms with E-state index in [1.54, 1.807) is 24.3 Å². The Kier molecular flexibility index (Phi) is 13.3. The Labute approximate surface area is 146 Å². The Hall–Kier alpha value is -1.40. The van der Waals surface area contributed by atoms with Gasteiger partial charge < -0.3 is 8.37 Å². The Morgan fingerprint density at radius 2 is 1.04 bits per heavy atom. The highest BCUT2D eigenvalue weighted by atomic mass is 32.2. The zero-order valence-electron chi connectivity index (χ0n) is 13.7. The van der Waals surface area contributed by atoms with E-state index in [1.807, 2.05) is 27.7 Å². The van der Waals surface area contributed by atoms with Crippen LogP contribution in [0.4, 0.5) is 8.78 Å². The van der Waals surface area contributed by atoms with E-state index in [-0.39, 0.29) is 11.5 Å². The van der Waals surface area contributed by atoms with E-state index in [2.05, 4.69) is 0 Å². The van der Waals surface area contributed by atoms with Crippen molar-refractivity contribution in [2.24, 2.45) is 0 Å². The monoisotopic (exact) mass is 360 g/mol. The van der Waals surface area contributed by atoms with Gasteiger partial charge in [0.05, 0.1) is 24.1 Å². The topological polar surface area (TPSA) is 18.5 Å². The second-order valence-corrected chi connectivity index (χ2v) is 5.13. The molecule has 2 rings (SSSR count). The molecular weight excluding hydrogens is 338 g/mol. The molecule has 0 atom stereocenters. The SMILES string of the molecule is CC.CC.Fc1ccccc1OSCSOc1ccccc1F. The summed E-state index contributed by atoms with van der Waals surface area (Å²) >= 11 is 2.04. The molecule has 128 valence electrons. The van der Waals surface area contributed by atoms with Gasteiger partial charge >= 0.3 is 0 Å². The molecule has 0 N–H and O–H groups in total. The van der Waals surface area contributed by atoms with Crippen molar-refractivity contribution < 1.29 is 17.1 Å². The van der Waals surface area contributed by atoms with E-state index in [1.165, 1.54) is 24.3 Å². The second-order valence-electron chi connectivity index (χ2n) is 3.38. The van der Waals surface area contributed by atoms with Crippen LogP contribution in [-0.4, -0.2) is 5.08 Å². The largest absolute Gasteiger partial charge is 0.422 e. The standard InChI is InChI=1S/C13H10F2O2S2.2C2H6/c14-10-5-1-3-7-12(10)16-18-9-19-17-13-8-4-2-6-11(13)15;2*1-2/h1-8H,9H2;2*1-2H3. The predicted octanol–water partition coefficient (Wildman–Crippen LogP) is 6.73. The first kappa shape index (κ1) is 21.6. The van der Waals surface area contributed by atoms with E-state index in [0.29, 0.717) is 5.08 Å². The van der Waals surface area contributed by atoms with Gasteiger partial charge in [-0.15, -0.1) is 0 Å². The zero-order valence-corrected chi connectivity index (χ0v) is 15.3. The van der Waals surface area contributed by atoms with Crippen LogP contribution in [0.1, 0.15) is 27.7 Å². The molecule has 0 bridgehead atoms. The average molecular weight is 360 g/mol. The van der Waals surface area contributed by atoms with E-state index in [9.17, 15) is 8.78 Å². The maximum absolute atomic E-state index is 13.2. The second kappa shape index (κ2) is 14.2. The van der Waals surface area contributed by atoms with Crippen molar-refractivity contribution in [1.82, 2.24) is 0 Å². The summed E-state index contributed by atoms with van der Waals surface area (Å²) in [5.74, 6) is -0.511. The molecule has 0 saturated carbocycles. The van der Waals surface area contributed by atoms with Gasteiger partial charge in [0.25, 0.3) is 0 Å². The van der Waals surface area contributed by atoms with Crippen molar-refractivity contribution in [2.75, 3.05) is 5.08 Å². The molecule has 0 heterocycles. The molecule has 0 aliphatic heterocycles. The lowest BCUT2D eigenvalue weighted by Crippen LogP contribution is -1.89. The van der Waals surface area contributed by atoms with Gasteiger partial charge in [0.1, 0.15) is 5.08 Å². The lowest BCUT2D eigenvalue weighted by atomic mass is 10.3. The van der Waals surface area contributed by atoms with Crippen molar-refractivity contribution in [3.05, 3.63) is 60.2 Å². The van der Waals surface area contributed by atoms with E-state index >= 15 is 0 Å².